The fourth-order valence-corrected chi connectivity index (χ4v) is 6.70. The summed E-state index contributed by atoms with van der Waals surface area (Å²) in [6.07, 6.45) is 10.3. The Hall–Kier alpha value is -1.68. The minimum Gasteiger partial charge on any atom is -0.457 e. The van der Waals surface area contributed by atoms with Crippen molar-refractivity contribution in [2.24, 2.45) is 11.8 Å². The van der Waals surface area contributed by atoms with Crippen molar-refractivity contribution in [1.29, 1.82) is 0 Å². The van der Waals surface area contributed by atoms with Gasteiger partial charge in [-0.3, -0.25) is 0 Å². The van der Waals surface area contributed by atoms with Crippen LogP contribution < -0.4 is 4.74 Å². The Kier molecular flexibility index (Phi) is 9.20. The summed E-state index contributed by atoms with van der Waals surface area (Å²) in [7, 11) is -1.13. The maximum Gasteiger partial charge on any atom is 0.270 e. The molecule has 0 N–H and O–H groups in total. The number of hydrogen-bond donors (Lipinski definition) is 0. The summed E-state index contributed by atoms with van der Waals surface area (Å²) in [5.74, 6) is 3.00. The highest BCUT2D eigenvalue weighted by atomic mass is 35.5. The number of allylic oxidation sites excluding steroid dienone is 3. The molecule has 2 atom stereocenters. The summed E-state index contributed by atoms with van der Waals surface area (Å²) in [5, 5.41) is 1.55. The van der Waals surface area contributed by atoms with E-state index in [0.29, 0.717) is 11.8 Å². The van der Waals surface area contributed by atoms with Gasteiger partial charge in [-0.1, -0.05) is 61.5 Å². The lowest BCUT2D eigenvalue weighted by Crippen LogP contribution is -2.30. The van der Waals surface area contributed by atoms with Gasteiger partial charge in [-0.15, -0.1) is 0 Å². The van der Waals surface area contributed by atoms with Gasteiger partial charge >= 0.3 is 0 Å². The zero-order valence-electron chi connectivity index (χ0n) is 22.9. The molecule has 2 bridgehead atoms. The number of benzene rings is 2. The van der Waals surface area contributed by atoms with Crippen LogP contribution in [0.4, 0.5) is 0 Å². The van der Waals surface area contributed by atoms with Crippen LogP contribution in [0, 0.1) is 11.8 Å². The Morgan fingerprint density at radius 1 is 0.946 bits per heavy atom. The van der Waals surface area contributed by atoms with E-state index in [0.717, 1.165) is 32.7 Å². The molecule has 0 spiro atoms. The highest BCUT2D eigenvalue weighted by molar-refractivity contribution is 6.38. The summed E-state index contributed by atoms with van der Waals surface area (Å²) in [6, 6.07) is 14.2. The molecule has 5 heteroatoms. The molecule has 0 heterocycles. The molecule has 1 fully saturated rings. The van der Waals surface area contributed by atoms with Gasteiger partial charge in [0.1, 0.15) is 11.5 Å². The summed E-state index contributed by atoms with van der Waals surface area (Å²) >= 11 is 12.8. The monoisotopic (exact) mass is 554 g/mol. The lowest BCUT2D eigenvalue weighted by Gasteiger charge is -2.43. The van der Waals surface area contributed by atoms with Crippen LogP contribution in [0.3, 0.4) is 0 Å². The molecule has 2 aromatic rings. The van der Waals surface area contributed by atoms with Crippen molar-refractivity contribution < 1.29 is 9.20 Å². The molecule has 3 aliphatic rings. The Morgan fingerprint density at radius 2 is 1.62 bits per heavy atom. The lowest BCUT2D eigenvalue weighted by molar-refractivity contribution is 0.335. The summed E-state index contributed by atoms with van der Waals surface area (Å²) in [6.45, 7) is 10.1. The normalized spacial score (nSPS) is 22.5. The van der Waals surface area contributed by atoms with Crippen molar-refractivity contribution >= 4 is 37.6 Å². The third-order valence-electron chi connectivity index (χ3n) is 7.74. The van der Waals surface area contributed by atoms with Crippen LogP contribution in [-0.4, -0.2) is 8.68 Å². The van der Waals surface area contributed by atoms with E-state index in [9.17, 15) is 4.46 Å². The molecule has 1 saturated carbocycles. The van der Waals surface area contributed by atoms with Crippen LogP contribution in [0.1, 0.15) is 83.3 Å². The predicted molar refractivity (Wildman–Crippen MR) is 158 cm³/mol. The van der Waals surface area contributed by atoms with Gasteiger partial charge in [0.2, 0.25) is 0 Å². The fraction of sp³-hybridized carbons (Fsp3) is 0.500. The molecule has 0 saturated heterocycles. The van der Waals surface area contributed by atoms with Gasteiger partial charge in [0.05, 0.1) is 0 Å². The number of rotatable bonds is 3. The molecular formula is C32H40Cl2O2Si. The lowest BCUT2D eigenvalue weighted by atomic mass is 9.62. The Bertz CT molecular complexity index is 1200. The molecule has 0 amide bonds. The first-order valence-electron chi connectivity index (χ1n) is 13.7. The summed E-state index contributed by atoms with van der Waals surface area (Å²) in [4.78, 5) is 0. The van der Waals surface area contributed by atoms with Gasteiger partial charge in [0.15, 0.2) is 0 Å². The second-order valence-corrected chi connectivity index (χ2v) is 14.6. The van der Waals surface area contributed by atoms with Gasteiger partial charge in [0.25, 0.3) is 8.68 Å². The maximum absolute atomic E-state index is 9.63. The van der Waals surface area contributed by atoms with E-state index in [2.05, 4.69) is 32.9 Å². The van der Waals surface area contributed by atoms with E-state index in [-0.39, 0.29) is 5.41 Å². The fourth-order valence-electron chi connectivity index (χ4n) is 6.17. The number of hydrogen-bond acceptors (Lipinski definition) is 2. The zero-order chi connectivity index (χ0) is 26.7. The van der Waals surface area contributed by atoms with Crippen LogP contribution in [-0.2, 0) is 9.88 Å². The van der Waals surface area contributed by atoms with Crippen molar-refractivity contribution in [2.45, 2.75) is 90.6 Å². The van der Waals surface area contributed by atoms with E-state index in [1.54, 1.807) is 24.2 Å². The standard InChI is InChI=1S/C30H34Cl2O.C2H6OSi/c1-30(2,3)26-18-21(11-16-27(26)32)29(33-23-14-12-22(31)13-15-23)28-20-8-6-10-25(28)24-9-5-4-7-19(24)17-20;1-4(2)3/h11-16,18,20,25H,4-10,17H2,1-3H3;1-2H3/b29-28+;. The second kappa shape index (κ2) is 12.0. The van der Waals surface area contributed by atoms with Crippen molar-refractivity contribution in [1.82, 2.24) is 0 Å². The Labute approximate surface area is 234 Å². The van der Waals surface area contributed by atoms with Gasteiger partial charge in [-0.2, -0.15) is 0 Å². The molecule has 0 aromatic heterocycles. The predicted octanol–water partition coefficient (Wildman–Crippen LogP) is 10.4. The molecule has 3 aliphatic carbocycles. The SMILES string of the molecule is CC(C)(C)c1cc(/C(Oc2ccc(Cl)cc2)=C2/C3CCCC2C2=C(CCCC2)C3)ccc1Cl.C[Si](C)=O. The Balaban J connectivity index is 0.000000747. The highest BCUT2D eigenvalue weighted by Crippen LogP contribution is 2.53. The third kappa shape index (κ3) is 6.85. The molecule has 5 rings (SSSR count). The smallest absolute Gasteiger partial charge is 0.270 e. The first-order valence-corrected chi connectivity index (χ1v) is 16.9. The van der Waals surface area contributed by atoms with Crippen molar-refractivity contribution in [2.75, 3.05) is 0 Å². The molecule has 0 radical (unpaired) electrons. The quantitative estimate of drug-likeness (QED) is 0.214. The van der Waals surface area contributed by atoms with Crippen LogP contribution in [0.25, 0.3) is 5.76 Å². The molecule has 0 aliphatic heterocycles. The largest absolute Gasteiger partial charge is 0.457 e. The molecular weight excluding hydrogens is 515 g/mol. The number of fused-ring (bicyclic) bond motifs is 3. The number of ether oxygens (including phenoxy) is 1. The van der Waals surface area contributed by atoms with Crippen LogP contribution in [0.15, 0.2) is 59.2 Å². The first kappa shape index (κ1) is 28.3. The number of halogens is 2. The van der Waals surface area contributed by atoms with Gasteiger partial charge in [0, 0.05) is 21.5 Å². The molecule has 2 unspecified atom stereocenters. The minimum absolute atomic E-state index is 0.0371. The van der Waals surface area contributed by atoms with E-state index >= 15 is 0 Å². The van der Waals surface area contributed by atoms with E-state index < -0.39 is 8.68 Å². The van der Waals surface area contributed by atoms with Crippen LogP contribution in [0.2, 0.25) is 23.1 Å². The van der Waals surface area contributed by atoms with Crippen molar-refractivity contribution in [3.8, 4) is 5.75 Å². The highest BCUT2D eigenvalue weighted by Gasteiger charge is 2.40. The summed E-state index contributed by atoms with van der Waals surface area (Å²) < 4.78 is 16.4. The van der Waals surface area contributed by atoms with E-state index in [1.165, 1.54) is 56.9 Å². The zero-order valence-corrected chi connectivity index (χ0v) is 25.4. The van der Waals surface area contributed by atoms with Gasteiger partial charge < -0.3 is 9.20 Å². The molecule has 37 heavy (non-hydrogen) atoms. The van der Waals surface area contributed by atoms with Crippen LogP contribution >= 0.6 is 23.2 Å². The van der Waals surface area contributed by atoms with Gasteiger partial charge in [-0.05, 0) is 123 Å². The van der Waals surface area contributed by atoms with Gasteiger partial charge in [-0.25, -0.2) is 0 Å². The molecule has 198 valence electrons. The Morgan fingerprint density at radius 3 is 2.30 bits per heavy atom. The van der Waals surface area contributed by atoms with E-state index in [1.807, 2.05) is 30.3 Å². The van der Waals surface area contributed by atoms with Crippen LogP contribution in [0.5, 0.6) is 5.75 Å². The van der Waals surface area contributed by atoms with E-state index in [4.69, 9.17) is 27.9 Å². The average molecular weight is 556 g/mol. The third-order valence-corrected chi connectivity index (χ3v) is 8.32. The molecule has 2 aromatic carbocycles. The maximum atomic E-state index is 9.63. The molecule has 2 nitrogen and oxygen atoms in total. The first-order chi connectivity index (χ1) is 17.5. The summed E-state index contributed by atoms with van der Waals surface area (Å²) in [5.41, 5.74) is 7.29. The average Bonchev–Trinajstić information content (AvgIpc) is 2.83. The second-order valence-electron chi connectivity index (χ2n) is 11.9. The topological polar surface area (TPSA) is 26.3 Å². The van der Waals surface area contributed by atoms with Crippen molar-refractivity contribution in [3.05, 3.63) is 80.4 Å². The minimum atomic E-state index is -1.13. The van der Waals surface area contributed by atoms with Crippen molar-refractivity contribution in [3.63, 3.8) is 0 Å².